The Morgan fingerprint density at radius 1 is 1.00 bits per heavy atom. The standard InChI is InChI=1S/C10H10F2O7S.C3H3F3O4S.C2H2F2O5S.2Na/c11-10(12,20-19-18-15)9(14)17-6-3-1-4-5(2-3)8(13)16-7(4)6;1-10-2(7)3(4,5)11(6,8)9;3-2(4,1(5)6)10(7,8)9;;/h3-7,15H,1-2H2;1H3;(H,5,6)(H,7,8,9);;/q;;;2*+1/p-2. The van der Waals surface area contributed by atoms with Crippen LogP contribution in [0.15, 0.2) is 0 Å². The number of fused-ring (bicyclic) bond motifs is 1. The average molecular weight is 724 g/mol. The van der Waals surface area contributed by atoms with Crippen molar-refractivity contribution >= 4 is 56.3 Å². The molecule has 0 aromatic rings. The molecule has 0 aromatic carbocycles. The minimum Gasteiger partial charge on any atom is -0.743 e. The quantitative estimate of drug-likeness (QED) is 0.0267. The van der Waals surface area contributed by atoms with Crippen LogP contribution in [0.2, 0.25) is 0 Å². The third kappa shape index (κ3) is 10.5. The van der Waals surface area contributed by atoms with E-state index in [0.717, 1.165) is 0 Å². The van der Waals surface area contributed by atoms with Crippen LogP contribution in [0.5, 0.6) is 0 Å². The Bertz CT molecular complexity index is 1250. The number of carbonyl (C=O) groups excluding carboxylic acids is 3. The molecule has 238 valence electrons. The molecule has 28 heteroatoms. The number of esters is 3. The fraction of sp³-hybridized carbons (Fsp3) is 0.733. The van der Waals surface area contributed by atoms with Crippen LogP contribution in [0.25, 0.3) is 0 Å². The van der Waals surface area contributed by atoms with Gasteiger partial charge in [-0.05, 0) is 12.8 Å². The minimum absolute atomic E-state index is 0. The van der Waals surface area contributed by atoms with Gasteiger partial charge in [-0.2, -0.15) is 39.1 Å². The van der Waals surface area contributed by atoms with Gasteiger partial charge in [-0.3, -0.25) is 9.83 Å². The molecule has 0 spiro atoms. The van der Waals surface area contributed by atoms with Crippen molar-refractivity contribution in [3.63, 3.8) is 0 Å². The Hall–Kier alpha value is -0.520. The van der Waals surface area contributed by atoms with Crippen molar-refractivity contribution < 1.29 is 164 Å². The molecule has 0 radical (unpaired) electrons. The number of carboxylic acid groups (broad SMARTS) is 1. The van der Waals surface area contributed by atoms with E-state index >= 15 is 0 Å². The van der Waals surface area contributed by atoms with Gasteiger partial charge in [0, 0.05) is 11.8 Å². The zero-order valence-electron chi connectivity index (χ0n) is 21.2. The van der Waals surface area contributed by atoms with Gasteiger partial charge in [0.2, 0.25) is 0 Å². The minimum atomic E-state index is -6.22. The van der Waals surface area contributed by atoms with E-state index in [1.165, 1.54) is 0 Å². The van der Waals surface area contributed by atoms with Crippen molar-refractivity contribution in [2.75, 3.05) is 7.11 Å². The first-order valence-corrected chi connectivity index (χ1v) is 13.3. The first-order valence-electron chi connectivity index (χ1n) is 9.77. The van der Waals surface area contributed by atoms with E-state index in [9.17, 15) is 76.1 Å². The first kappa shape index (κ1) is 44.6. The van der Waals surface area contributed by atoms with Crippen LogP contribution in [0, 0.1) is 17.8 Å². The Kier molecular flexibility index (Phi) is 17.0. The van der Waals surface area contributed by atoms with Crippen molar-refractivity contribution in [3.05, 3.63) is 0 Å². The summed E-state index contributed by atoms with van der Waals surface area (Å²) in [5, 5.41) is 5.30. The number of carboxylic acids is 1. The second-order valence-electron chi connectivity index (χ2n) is 7.73. The van der Waals surface area contributed by atoms with E-state index in [4.69, 9.17) is 14.6 Å². The third-order valence-corrected chi connectivity index (χ3v) is 7.43. The molecule has 3 aliphatic rings. The summed E-state index contributed by atoms with van der Waals surface area (Å²) in [6.07, 6.45) is -0.406. The number of hydrogen-bond acceptors (Lipinski definition) is 16. The predicted molar refractivity (Wildman–Crippen MR) is 103 cm³/mol. The average Bonchev–Trinajstić information content (AvgIpc) is 3.46. The molecular weight excluding hydrogens is 711 g/mol. The normalized spacial score (nSPS) is 24.0. The van der Waals surface area contributed by atoms with Gasteiger partial charge in [-0.1, -0.05) is 3.89 Å². The number of aliphatic carboxylic acids is 1. The molecule has 2 bridgehead atoms. The van der Waals surface area contributed by atoms with E-state index in [2.05, 4.69) is 14.1 Å². The molecule has 43 heavy (non-hydrogen) atoms. The molecule has 5 unspecified atom stereocenters. The second kappa shape index (κ2) is 16.3. The second-order valence-corrected chi connectivity index (χ2v) is 11.4. The summed E-state index contributed by atoms with van der Waals surface area (Å²) in [7, 11) is -11.8. The molecule has 5 atom stereocenters. The van der Waals surface area contributed by atoms with Gasteiger partial charge in [0.05, 0.1) is 13.0 Å². The zero-order valence-corrected chi connectivity index (χ0v) is 27.7. The van der Waals surface area contributed by atoms with Crippen LogP contribution in [-0.4, -0.2) is 85.5 Å². The third-order valence-electron chi connectivity index (χ3n) is 5.35. The molecule has 0 amide bonds. The number of hydrogen-bond donors (Lipinski definition) is 1. The zero-order chi connectivity index (χ0) is 32.4. The molecule has 16 nitrogen and oxygen atoms in total. The summed E-state index contributed by atoms with van der Waals surface area (Å²) in [6.45, 7) is 0. The van der Waals surface area contributed by atoms with Crippen LogP contribution in [-0.2, 0) is 63.1 Å². The summed E-state index contributed by atoms with van der Waals surface area (Å²) in [5.41, 5.74) is 0. The smallest absolute Gasteiger partial charge is 0.743 e. The van der Waals surface area contributed by atoms with Gasteiger partial charge in [-0.15, -0.1) is 0 Å². The first-order chi connectivity index (χ1) is 18.4. The van der Waals surface area contributed by atoms with Gasteiger partial charge in [0.25, 0.3) is 0 Å². The molecular formula is C15H13F7Na2O16S3. The molecule has 3 fully saturated rings. The maximum atomic E-state index is 13.3. The summed E-state index contributed by atoms with van der Waals surface area (Å²) in [4.78, 5) is 42.1. The number of rotatable bonds is 9. The van der Waals surface area contributed by atoms with Crippen molar-refractivity contribution in [2.45, 2.75) is 40.8 Å². The van der Waals surface area contributed by atoms with Gasteiger partial charge in [-0.25, -0.2) is 22.8 Å². The molecule has 0 aromatic heterocycles. The van der Waals surface area contributed by atoms with Crippen molar-refractivity contribution in [2.24, 2.45) is 17.8 Å². The Labute approximate surface area is 283 Å². The number of halogens is 7. The van der Waals surface area contributed by atoms with Crippen LogP contribution >= 0.6 is 12.0 Å². The summed E-state index contributed by atoms with van der Waals surface area (Å²) in [5.74, 6) is -8.04. The van der Waals surface area contributed by atoms with Gasteiger partial charge >= 0.3 is 109 Å². The van der Waals surface area contributed by atoms with Crippen molar-refractivity contribution in [1.29, 1.82) is 0 Å². The molecule has 3 rings (SSSR count). The summed E-state index contributed by atoms with van der Waals surface area (Å²) < 4.78 is 149. The largest absolute Gasteiger partial charge is 1.00 e. The fourth-order valence-electron chi connectivity index (χ4n) is 3.67. The van der Waals surface area contributed by atoms with E-state index in [-0.39, 0.29) is 82.8 Å². The van der Waals surface area contributed by atoms with Crippen molar-refractivity contribution in [1.82, 2.24) is 0 Å². The van der Waals surface area contributed by atoms with Gasteiger partial charge < -0.3 is 29.1 Å². The number of carbonyl (C=O) groups is 4. The van der Waals surface area contributed by atoms with E-state index in [0.29, 0.717) is 20.0 Å². The van der Waals surface area contributed by atoms with Gasteiger partial charge in [0.15, 0.2) is 10.1 Å². The maximum absolute atomic E-state index is 13.3. The molecule has 1 heterocycles. The van der Waals surface area contributed by atoms with E-state index in [1.54, 1.807) is 0 Å². The van der Waals surface area contributed by atoms with Crippen LogP contribution in [0.4, 0.5) is 30.2 Å². The van der Waals surface area contributed by atoms with Crippen LogP contribution < -0.4 is 64.4 Å². The number of methoxy groups -OCH3 is 1. The Morgan fingerprint density at radius 2 is 1.51 bits per heavy atom. The Morgan fingerprint density at radius 3 is 1.86 bits per heavy atom. The number of alkyl halides is 6. The summed E-state index contributed by atoms with van der Waals surface area (Å²) in [6, 6.07) is 0. The van der Waals surface area contributed by atoms with Crippen molar-refractivity contribution in [3.8, 4) is 0 Å². The molecule has 2 saturated carbocycles. The topological polar surface area (TPSA) is 249 Å². The van der Waals surface area contributed by atoms with Crippen LogP contribution in [0.1, 0.15) is 12.8 Å². The molecule has 2 aliphatic carbocycles. The molecule has 1 saturated heterocycles. The molecule has 1 aliphatic heterocycles. The maximum Gasteiger partial charge on any atom is 1.00 e. The van der Waals surface area contributed by atoms with Gasteiger partial charge in [0.1, 0.15) is 24.3 Å². The Balaban J connectivity index is 0. The van der Waals surface area contributed by atoms with E-state index in [1.807, 2.05) is 0 Å². The fourth-order valence-corrected chi connectivity index (χ4v) is 4.40. The van der Waals surface area contributed by atoms with E-state index < -0.39 is 78.3 Å². The predicted octanol–water partition coefficient (Wildman–Crippen LogP) is -6.79. The monoisotopic (exact) mass is 724 g/mol. The SMILES string of the molecule is COC(=O)C(F)(F)S(=O)(=O)F.O=C(O)C(F)(F)S(=O)(=O)[O-].O=C1OC2C3CC(CC13)C2OC(=O)C(F)(F)SOO[O-].[Na+].[Na+]. The molecule has 1 N–H and O–H groups in total. The summed E-state index contributed by atoms with van der Waals surface area (Å²) >= 11 is -0.740. The van der Waals surface area contributed by atoms with Crippen LogP contribution in [0.3, 0.4) is 0 Å². The number of ether oxygens (including phenoxy) is 3.